The molecular formula is C25H29FN8O. The average molecular weight is 477 g/mol. The van der Waals surface area contributed by atoms with Gasteiger partial charge in [-0.3, -0.25) is 4.98 Å². The Kier molecular flexibility index (Phi) is 7.28. The van der Waals surface area contributed by atoms with Crippen molar-refractivity contribution in [3.8, 4) is 0 Å². The van der Waals surface area contributed by atoms with Gasteiger partial charge in [-0.25, -0.2) is 14.8 Å². The van der Waals surface area contributed by atoms with Gasteiger partial charge in [-0.15, -0.1) is 0 Å². The van der Waals surface area contributed by atoms with E-state index in [9.17, 15) is 4.39 Å². The van der Waals surface area contributed by atoms with E-state index in [0.717, 1.165) is 30.7 Å². The Bertz CT molecular complexity index is 1140. The van der Waals surface area contributed by atoms with Crippen LogP contribution in [0.3, 0.4) is 0 Å². The molecule has 2 aromatic heterocycles. The van der Waals surface area contributed by atoms with Crippen LogP contribution >= 0.6 is 0 Å². The highest BCUT2D eigenvalue weighted by molar-refractivity contribution is 5.78. The first kappa shape index (κ1) is 23.0. The predicted octanol–water partition coefficient (Wildman–Crippen LogP) is 4.03. The summed E-state index contributed by atoms with van der Waals surface area (Å²) in [5.74, 6) is 0.00238. The van der Waals surface area contributed by atoms with Gasteiger partial charge in [0.2, 0.25) is 5.95 Å². The average Bonchev–Trinajstić information content (AvgIpc) is 2.92. The third-order valence-electron chi connectivity index (χ3n) is 6.04. The Morgan fingerprint density at radius 3 is 2.57 bits per heavy atom. The SMILES string of the molecule is Fc1cnc(N/N=C\c2ccc(Nc3cccc(N4CCCCC4)c3)cn2)nc1N1CCOCC1. The van der Waals surface area contributed by atoms with Gasteiger partial charge in [0.05, 0.1) is 43.2 Å². The molecule has 0 aliphatic carbocycles. The second kappa shape index (κ2) is 11.1. The minimum atomic E-state index is -0.465. The van der Waals surface area contributed by atoms with Crippen molar-refractivity contribution in [1.82, 2.24) is 15.0 Å². The fourth-order valence-electron chi connectivity index (χ4n) is 4.22. The number of nitrogens with one attached hydrogen (secondary N) is 2. The van der Waals surface area contributed by atoms with Crippen LogP contribution in [0, 0.1) is 5.82 Å². The number of halogens is 1. The van der Waals surface area contributed by atoms with E-state index in [2.05, 4.69) is 60.0 Å². The van der Waals surface area contributed by atoms with Crippen molar-refractivity contribution in [2.24, 2.45) is 5.10 Å². The molecule has 182 valence electrons. The van der Waals surface area contributed by atoms with Gasteiger partial charge in [-0.05, 0) is 49.6 Å². The lowest BCUT2D eigenvalue weighted by Crippen LogP contribution is -2.37. The number of morpholine rings is 1. The molecule has 3 aromatic rings. The van der Waals surface area contributed by atoms with Gasteiger partial charge in [0.1, 0.15) is 0 Å². The third-order valence-corrected chi connectivity index (χ3v) is 6.04. The van der Waals surface area contributed by atoms with Crippen molar-refractivity contribution in [1.29, 1.82) is 0 Å². The number of aromatic nitrogens is 3. The summed E-state index contributed by atoms with van der Waals surface area (Å²) in [6.45, 7) is 4.50. The van der Waals surface area contributed by atoms with Gasteiger partial charge in [-0.2, -0.15) is 10.1 Å². The lowest BCUT2D eigenvalue weighted by Gasteiger charge is -2.29. The van der Waals surface area contributed by atoms with Crippen LogP contribution in [-0.4, -0.2) is 60.6 Å². The van der Waals surface area contributed by atoms with Crippen LogP contribution in [0.5, 0.6) is 0 Å². The van der Waals surface area contributed by atoms with E-state index in [1.165, 1.54) is 24.9 Å². The first-order valence-electron chi connectivity index (χ1n) is 12.0. The van der Waals surface area contributed by atoms with Gasteiger partial charge in [0.25, 0.3) is 0 Å². The summed E-state index contributed by atoms with van der Waals surface area (Å²) in [5.41, 5.74) is 6.59. The molecule has 0 amide bonds. The summed E-state index contributed by atoms with van der Waals surface area (Å²) in [6, 6.07) is 12.3. The van der Waals surface area contributed by atoms with Gasteiger partial charge in [0, 0.05) is 37.6 Å². The van der Waals surface area contributed by atoms with E-state index in [1.807, 2.05) is 17.0 Å². The van der Waals surface area contributed by atoms with Crippen molar-refractivity contribution in [3.63, 3.8) is 0 Å². The summed E-state index contributed by atoms with van der Waals surface area (Å²) in [6.07, 6.45) is 8.30. The topological polar surface area (TPSA) is 90.8 Å². The Hall–Kier alpha value is -3.79. The minimum Gasteiger partial charge on any atom is -0.378 e. The molecule has 2 N–H and O–H groups in total. The normalized spacial score (nSPS) is 16.5. The molecule has 4 heterocycles. The molecular weight excluding hydrogens is 447 g/mol. The molecule has 5 rings (SSSR count). The molecule has 2 aliphatic heterocycles. The molecule has 0 spiro atoms. The Morgan fingerprint density at radius 2 is 1.77 bits per heavy atom. The maximum absolute atomic E-state index is 14.2. The highest BCUT2D eigenvalue weighted by Gasteiger charge is 2.17. The summed E-state index contributed by atoms with van der Waals surface area (Å²) in [5, 5.41) is 7.57. The van der Waals surface area contributed by atoms with E-state index in [4.69, 9.17) is 4.74 Å². The number of piperidine rings is 1. The zero-order valence-electron chi connectivity index (χ0n) is 19.5. The van der Waals surface area contributed by atoms with Gasteiger partial charge < -0.3 is 19.9 Å². The number of benzene rings is 1. The fraction of sp³-hybridized carbons (Fsp3) is 0.360. The van der Waals surface area contributed by atoms with Crippen molar-refractivity contribution in [2.45, 2.75) is 19.3 Å². The summed E-state index contributed by atoms with van der Waals surface area (Å²) < 4.78 is 19.5. The number of hydrogen-bond donors (Lipinski definition) is 2. The molecule has 2 fully saturated rings. The third kappa shape index (κ3) is 6.02. The number of anilines is 5. The second-order valence-corrected chi connectivity index (χ2v) is 8.53. The quantitative estimate of drug-likeness (QED) is 0.390. The molecule has 35 heavy (non-hydrogen) atoms. The molecule has 9 nitrogen and oxygen atoms in total. The standard InChI is InChI=1S/C25H29FN8O/c26-23-18-28-25(31-24(23)34-11-13-35-14-12-34)32-29-17-20-7-8-21(16-27-20)30-19-5-4-6-22(15-19)33-9-2-1-3-10-33/h4-8,15-18,30H,1-3,9-14H2,(H,28,31,32)/b29-17-. The zero-order valence-corrected chi connectivity index (χ0v) is 19.5. The van der Waals surface area contributed by atoms with E-state index >= 15 is 0 Å². The molecule has 0 unspecified atom stereocenters. The molecule has 1 aromatic carbocycles. The maximum Gasteiger partial charge on any atom is 0.245 e. The summed E-state index contributed by atoms with van der Waals surface area (Å²) >= 11 is 0. The van der Waals surface area contributed by atoms with Crippen molar-refractivity contribution >= 4 is 35.0 Å². The summed E-state index contributed by atoms with van der Waals surface area (Å²) in [4.78, 5) is 16.9. The van der Waals surface area contributed by atoms with E-state index in [-0.39, 0.29) is 11.8 Å². The van der Waals surface area contributed by atoms with Crippen LogP contribution in [-0.2, 0) is 4.74 Å². The Labute approximate surface area is 204 Å². The van der Waals surface area contributed by atoms with Crippen molar-refractivity contribution in [2.75, 3.05) is 59.9 Å². The van der Waals surface area contributed by atoms with Crippen molar-refractivity contribution in [3.05, 3.63) is 60.3 Å². The van der Waals surface area contributed by atoms with E-state index < -0.39 is 5.82 Å². The first-order valence-corrected chi connectivity index (χ1v) is 12.0. The number of nitrogens with zero attached hydrogens (tertiary/aromatic N) is 6. The Morgan fingerprint density at radius 1 is 0.914 bits per heavy atom. The lowest BCUT2D eigenvalue weighted by molar-refractivity contribution is 0.122. The molecule has 0 bridgehead atoms. The van der Waals surface area contributed by atoms with Crippen LogP contribution < -0.4 is 20.5 Å². The largest absolute Gasteiger partial charge is 0.378 e. The highest BCUT2D eigenvalue weighted by atomic mass is 19.1. The maximum atomic E-state index is 14.2. The molecule has 0 atom stereocenters. The summed E-state index contributed by atoms with van der Waals surface area (Å²) in [7, 11) is 0. The zero-order chi connectivity index (χ0) is 23.9. The lowest BCUT2D eigenvalue weighted by atomic mass is 10.1. The van der Waals surface area contributed by atoms with Crippen LogP contribution in [0.4, 0.5) is 33.2 Å². The molecule has 0 saturated carbocycles. The highest BCUT2D eigenvalue weighted by Crippen LogP contribution is 2.25. The number of hydrazone groups is 1. The van der Waals surface area contributed by atoms with Crippen LogP contribution in [0.25, 0.3) is 0 Å². The number of pyridine rings is 1. The van der Waals surface area contributed by atoms with Gasteiger partial charge in [-0.1, -0.05) is 6.07 Å². The minimum absolute atomic E-state index is 0.219. The van der Waals surface area contributed by atoms with Gasteiger partial charge >= 0.3 is 0 Å². The number of ether oxygens (including phenoxy) is 1. The van der Waals surface area contributed by atoms with Crippen LogP contribution in [0.1, 0.15) is 25.0 Å². The fourth-order valence-corrected chi connectivity index (χ4v) is 4.22. The smallest absolute Gasteiger partial charge is 0.245 e. The number of rotatable bonds is 7. The van der Waals surface area contributed by atoms with E-state index in [1.54, 1.807) is 12.4 Å². The predicted molar refractivity (Wildman–Crippen MR) is 136 cm³/mol. The number of hydrogen-bond acceptors (Lipinski definition) is 9. The second-order valence-electron chi connectivity index (χ2n) is 8.53. The van der Waals surface area contributed by atoms with Crippen molar-refractivity contribution < 1.29 is 9.13 Å². The van der Waals surface area contributed by atoms with Crippen LogP contribution in [0.15, 0.2) is 53.9 Å². The van der Waals surface area contributed by atoms with Gasteiger partial charge in [0.15, 0.2) is 11.6 Å². The monoisotopic (exact) mass is 476 g/mol. The van der Waals surface area contributed by atoms with E-state index in [0.29, 0.717) is 32.0 Å². The first-order chi connectivity index (χ1) is 17.2. The molecule has 0 radical (unpaired) electrons. The Balaban J connectivity index is 1.18. The molecule has 2 saturated heterocycles. The van der Waals surface area contributed by atoms with Crippen LogP contribution in [0.2, 0.25) is 0 Å². The molecule has 10 heteroatoms. The molecule has 2 aliphatic rings.